The number of hydrogen-bond acceptors (Lipinski definition) is 2. The Labute approximate surface area is 69.1 Å². The molecule has 1 saturated heterocycles. The second-order valence-electron chi connectivity index (χ2n) is 3.92. The quantitative estimate of drug-likeness (QED) is 0.666. The van der Waals surface area contributed by atoms with E-state index in [-0.39, 0.29) is 0 Å². The molecule has 0 saturated carbocycles. The average molecular weight is 157 g/mol. The van der Waals surface area contributed by atoms with Crippen LogP contribution in [-0.2, 0) is 4.74 Å². The number of ether oxygens (including phenoxy) is 1. The molecule has 0 aromatic carbocycles. The minimum atomic E-state index is 0.698. The molecule has 0 radical (unpaired) electrons. The van der Waals surface area contributed by atoms with E-state index >= 15 is 0 Å². The molecule has 66 valence electrons. The highest BCUT2D eigenvalue weighted by atomic mass is 16.5. The van der Waals surface area contributed by atoms with Crippen LogP contribution in [0.5, 0.6) is 0 Å². The van der Waals surface area contributed by atoms with Gasteiger partial charge in [0, 0.05) is 5.92 Å². The monoisotopic (exact) mass is 157 g/mol. The van der Waals surface area contributed by atoms with Crippen LogP contribution in [0.15, 0.2) is 0 Å². The molecule has 1 atom stereocenters. The van der Waals surface area contributed by atoms with Crippen molar-refractivity contribution in [3.63, 3.8) is 0 Å². The molecule has 0 amide bonds. The van der Waals surface area contributed by atoms with Gasteiger partial charge in [0.1, 0.15) is 0 Å². The van der Waals surface area contributed by atoms with Gasteiger partial charge in [-0.3, -0.25) is 0 Å². The Morgan fingerprint density at radius 3 is 2.36 bits per heavy atom. The van der Waals surface area contributed by atoms with E-state index in [4.69, 9.17) is 10.5 Å². The first-order valence-corrected chi connectivity index (χ1v) is 4.51. The highest BCUT2D eigenvalue weighted by Crippen LogP contribution is 2.25. The third-order valence-corrected chi connectivity index (χ3v) is 2.41. The molecule has 2 nitrogen and oxygen atoms in total. The van der Waals surface area contributed by atoms with E-state index in [1.54, 1.807) is 0 Å². The van der Waals surface area contributed by atoms with Gasteiger partial charge in [-0.15, -0.1) is 0 Å². The predicted molar refractivity (Wildman–Crippen MR) is 46.3 cm³/mol. The van der Waals surface area contributed by atoms with E-state index in [2.05, 4.69) is 13.8 Å². The molecule has 2 N–H and O–H groups in total. The fraction of sp³-hybridized carbons (Fsp3) is 1.00. The predicted octanol–water partition coefficient (Wildman–Crippen LogP) is 1.25. The fourth-order valence-corrected chi connectivity index (χ4v) is 1.61. The van der Waals surface area contributed by atoms with Crippen molar-refractivity contribution in [3.8, 4) is 0 Å². The molecule has 11 heavy (non-hydrogen) atoms. The molecule has 1 heterocycles. The van der Waals surface area contributed by atoms with Crippen molar-refractivity contribution in [2.24, 2.45) is 23.5 Å². The van der Waals surface area contributed by atoms with Crippen molar-refractivity contribution in [1.29, 1.82) is 0 Å². The first-order chi connectivity index (χ1) is 5.24. The average Bonchev–Trinajstić information content (AvgIpc) is 1.81. The number of hydrogen-bond donors (Lipinski definition) is 1. The Hall–Kier alpha value is -0.0800. The van der Waals surface area contributed by atoms with Gasteiger partial charge in [-0.2, -0.15) is 0 Å². The zero-order valence-corrected chi connectivity index (χ0v) is 7.55. The van der Waals surface area contributed by atoms with Gasteiger partial charge < -0.3 is 10.5 Å². The van der Waals surface area contributed by atoms with Crippen molar-refractivity contribution >= 4 is 0 Å². The number of nitrogens with two attached hydrogens (primary N) is 1. The van der Waals surface area contributed by atoms with Crippen LogP contribution >= 0.6 is 0 Å². The second kappa shape index (κ2) is 4.07. The van der Waals surface area contributed by atoms with Gasteiger partial charge in [0.2, 0.25) is 0 Å². The van der Waals surface area contributed by atoms with Gasteiger partial charge in [-0.05, 0) is 24.8 Å². The highest BCUT2D eigenvalue weighted by molar-refractivity contribution is 4.76. The third kappa shape index (κ3) is 2.46. The van der Waals surface area contributed by atoms with Crippen LogP contribution in [0.1, 0.15) is 20.3 Å². The van der Waals surface area contributed by atoms with Crippen LogP contribution in [-0.4, -0.2) is 19.8 Å². The fourth-order valence-electron chi connectivity index (χ4n) is 1.61. The Kier molecular flexibility index (Phi) is 3.34. The first-order valence-electron chi connectivity index (χ1n) is 4.51. The summed E-state index contributed by atoms with van der Waals surface area (Å²) in [6, 6.07) is 0. The van der Waals surface area contributed by atoms with Gasteiger partial charge in [-0.1, -0.05) is 13.8 Å². The maximum absolute atomic E-state index is 5.68. The molecule has 0 spiro atoms. The zero-order chi connectivity index (χ0) is 8.27. The van der Waals surface area contributed by atoms with Gasteiger partial charge >= 0.3 is 0 Å². The molecule has 1 aliphatic heterocycles. The first kappa shape index (κ1) is 9.01. The molecule has 2 heteroatoms. The van der Waals surface area contributed by atoms with Crippen LogP contribution in [0.3, 0.4) is 0 Å². The summed E-state index contributed by atoms with van der Waals surface area (Å²) >= 11 is 0. The second-order valence-corrected chi connectivity index (χ2v) is 3.92. The summed E-state index contributed by atoms with van der Waals surface area (Å²) in [5.41, 5.74) is 5.68. The molecular formula is C9H19NO. The van der Waals surface area contributed by atoms with Crippen LogP contribution in [0.4, 0.5) is 0 Å². The van der Waals surface area contributed by atoms with Gasteiger partial charge in [0.05, 0.1) is 13.2 Å². The van der Waals surface area contributed by atoms with Crippen LogP contribution in [0, 0.1) is 17.8 Å². The maximum Gasteiger partial charge on any atom is 0.0519 e. The van der Waals surface area contributed by atoms with Crippen molar-refractivity contribution in [3.05, 3.63) is 0 Å². The summed E-state index contributed by atoms with van der Waals surface area (Å²) < 4.78 is 5.14. The van der Waals surface area contributed by atoms with Crippen molar-refractivity contribution in [1.82, 2.24) is 0 Å². The molecule has 1 rings (SSSR count). The van der Waals surface area contributed by atoms with Crippen LogP contribution in [0.25, 0.3) is 0 Å². The summed E-state index contributed by atoms with van der Waals surface area (Å²) in [5.74, 6) is 2.22. The summed E-state index contributed by atoms with van der Waals surface area (Å²) in [7, 11) is 0. The van der Waals surface area contributed by atoms with E-state index in [0.29, 0.717) is 5.92 Å². The lowest BCUT2D eigenvalue weighted by molar-refractivity contribution is -0.0623. The van der Waals surface area contributed by atoms with Crippen LogP contribution in [0.2, 0.25) is 0 Å². The topological polar surface area (TPSA) is 35.2 Å². The van der Waals surface area contributed by atoms with Gasteiger partial charge in [0.15, 0.2) is 0 Å². The Balaban J connectivity index is 2.23. The van der Waals surface area contributed by atoms with E-state index in [9.17, 15) is 0 Å². The summed E-state index contributed by atoms with van der Waals surface area (Å²) in [6.45, 7) is 7.21. The Morgan fingerprint density at radius 2 is 2.09 bits per heavy atom. The normalized spacial score (nSPS) is 21.8. The molecule has 0 aromatic rings. The largest absolute Gasteiger partial charge is 0.381 e. The van der Waals surface area contributed by atoms with E-state index in [0.717, 1.165) is 31.6 Å². The van der Waals surface area contributed by atoms with E-state index in [1.165, 1.54) is 6.42 Å². The van der Waals surface area contributed by atoms with Crippen molar-refractivity contribution < 1.29 is 4.74 Å². The van der Waals surface area contributed by atoms with Gasteiger partial charge in [0.25, 0.3) is 0 Å². The Morgan fingerprint density at radius 1 is 1.45 bits per heavy atom. The molecule has 0 bridgehead atoms. The Bertz CT molecular complexity index is 110. The zero-order valence-electron chi connectivity index (χ0n) is 7.55. The minimum Gasteiger partial charge on any atom is -0.381 e. The molecule has 0 aromatic heterocycles. The highest BCUT2D eigenvalue weighted by Gasteiger charge is 2.27. The maximum atomic E-state index is 5.68. The number of rotatable bonds is 4. The van der Waals surface area contributed by atoms with E-state index < -0.39 is 0 Å². The van der Waals surface area contributed by atoms with Crippen molar-refractivity contribution in [2.45, 2.75) is 20.3 Å². The minimum absolute atomic E-state index is 0.698. The molecule has 1 aliphatic rings. The molecule has 0 aliphatic carbocycles. The summed E-state index contributed by atoms with van der Waals surface area (Å²) in [5, 5.41) is 0. The smallest absolute Gasteiger partial charge is 0.0519 e. The lowest BCUT2D eigenvalue weighted by Crippen LogP contribution is -2.38. The summed E-state index contributed by atoms with van der Waals surface area (Å²) in [6.07, 6.45) is 1.25. The summed E-state index contributed by atoms with van der Waals surface area (Å²) in [4.78, 5) is 0. The lowest BCUT2D eigenvalue weighted by atomic mass is 9.84. The van der Waals surface area contributed by atoms with Gasteiger partial charge in [-0.25, -0.2) is 0 Å². The van der Waals surface area contributed by atoms with Crippen LogP contribution < -0.4 is 5.73 Å². The standard InChI is InChI=1S/C9H19NO/c1-7(2)3-8(4-10)9-5-11-6-9/h7-9H,3-6,10H2,1-2H3. The lowest BCUT2D eigenvalue weighted by Gasteiger charge is -2.33. The third-order valence-electron chi connectivity index (χ3n) is 2.41. The molecule has 1 unspecified atom stereocenters. The van der Waals surface area contributed by atoms with Crippen molar-refractivity contribution in [2.75, 3.05) is 19.8 Å². The van der Waals surface area contributed by atoms with E-state index in [1.807, 2.05) is 0 Å². The molecule has 1 fully saturated rings. The molecular weight excluding hydrogens is 138 g/mol. The SMILES string of the molecule is CC(C)CC(CN)C1COC1.